The van der Waals surface area contributed by atoms with Gasteiger partial charge in [0, 0.05) is 13.1 Å². The van der Waals surface area contributed by atoms with Crippen LogP contribution in [0, 0.1) is 0 Å². The summed E-state index contributed by atoms with van der Waals surface area (Å²) in [5, 5.41) is 21.4. The second-order valence-corrected chi connectivity index (χ2v) is 4.84. The lowest BCUT2D eigenvalue weighted by molar-refractivity contribution is 0.0693. The lowest BCUT2D eigenvalue weighted by atomic mass is 10.1. The number of nitrogens with one attached hydrogen (secondary N) is 1. The molecule has 108 valence electrons. The standard InChI is InChI=1S/C14H18N2O4/c17-12-10(13(18)19)6-5-7-11(12)15-14(20)16-8-3-1-2-4-9-16/h5-7,17H,1-4,8-9H2,(H,15,20)(H,18,19). The predicted octanol–water partition coefficient (Wildman–Crippen LogP) is 2.50. The van der Waals surface area contributed by atoms with Crippen LogP contribution in [0.1, 0.15) is 36.0 Å². The molecule has 1 aliphatic heterocycles. The third-order valence-corrected chi connectivity index (χ3v) is 3.40. The molecule has 1 heterocycles. The van der Waals surface area contributed by atoms with E-state index in [9.17, 15) is 14.7 Å². The molecular formula is C14H18N2O4. The van der Waals surface area contributed by atoms with Gasteiger partial charge in [-0.2, -0.15) is 0 Å². The van der Waals surface area contributed by atoms with Crippen molar-refractivity contribution >= 4 is 17.7 Å². The highest BCUT2D eigenvalue weighted by Crippen LogP contribution is 2.27. The maximum Gasteiger partial charge on any atom is 0.339 e. The third kappa shape index (κ3) is 3.20. The Morgan fingerprint density at radius 2 is 1.75 bits per heavy atom. The number of anilines is 1. The second kappa shape index (κ2) is 6.27. The summed E-state index contributed by atoms with van der Waals surface area (Å²) in [6.07, 6.45) is 4.16. The molecule has 3 N–H and O–H groups in total. The van der Waals surface area contributed by atoms with Gasteiger partial charge in [-0.15, -0.1) is 0 Å². The average molecular weight is 278 g/mol. The van der Waals surface area contributed by atoms with E-state index in [1.165, 1.54) is 18.2 Å². The van der Waals surface area contributed by atoms with Gasteiger partial charge < -0.3 is 20.4 Å². The number of carboxylic acid groups (broad SMARTS) is 1. The normalized spacial score (nSPS) is 15.5. The number of aromatic hydroxyl groups is 1. The number of phenols is 1. The van der Waals surface area contributed by atoms with E-state index in [1.807, 2.05) is 0 Å². The summed E-state index contributed by atoms with van der Waals surface area (Å²) in [4.78, 5) is 24.7. The van der Waals surface area contributed by atoms with E-state index in [2.05, 4.69) is 5.32 Å². The maximum atomic E-state index is 12.1. The number of para-hydroxylation sites is 1. The van der Waals surface area contributed by atoms with Crippen molar-refractivity contribution in [3.05, 3.63) is 23.8 Å². The quantitative estimate of drug-likeness (QED) is 0.725. The molecular weight excluding hydrogens is 260 g/mol. The zero-order chi connectivity index (χ0) is 14.5. The van der Waals surface area contributed by atoms with Crippen LogP contribution in [0.4, 0.5) is 10.5 Å². The SMILES string of the molecule is O=C(O)c1cccc(NC(=O)N2CCCCCC2)c1O. The van der Waals surface area contributed by atoms with E-state index in [4.69, 9.17) is 5.11 Å². The summed E-state index contributed by atoms with van der Waals surface area (Å²) >= 11 is 0. The number of urea groups is 1. The summed E-state index contributed by atoms with van der Waals surface area (Å²) in [7, 11) is 0. The van der Waals surface area contributed by atoms with Gasteiger partial charge in [0.25, 0.3) is 0 Å². The first-order valence-electron chi connectivity index (χ1n) is 6.71. The number of likely N-dealkylation sites (tertiary alicyclic amines) is 1. The molecule has 0 saturated carbocycles. The van der Waals surface area contributed by atoms with Crippen molar-refractivity contribution < 1.29 is 19.8 Å². The van der Waals surface area contributed by atoms with Crippen molar-refractivity contribution in [2.45, 2.75) is 25.7 Å². The zero-order valence-corrected chi connectivity index (χ0v) is 11.1. The molecule has 1 fully saturated rings. The van der Waals surface area contributed by atoms with Crippen LogP contribution in [0.25, 0.3) is 0 Å². The smallest absolute Gasteiger partial charge is 0.339 e. The van der Waals surface area contributed by atoms with Gasteiger partial charge in [0.1, 0.15) is 5.56 Å². The maximum absolute atomic E-state index is 12.1. The lowest BCUT2D eigenvalue weighted by Gasteiger charge is -2.21. The van der Waals surface area contributed by atoms with Gasteiger partial charge in [0.15, 0.2) is 5.75 Å². The van der Waals surface area contributed by atoms with Crippen LogP contribution in [0.2, 0.25) is 0 Å². The van der Waals surface area contributed by atoms with Crippen molar-refractivity contribution in [3.63, 3.8) is 0 Å². The van der Waals surface area contributed by atoms with E-state index in [-0.39, 0.29) is 17.3 Å². The van der Waals surface area contributed by atoms with Crippen molar-refractivity contribution in [1.82, 2.24) is 4.90 Å². The summed E-state index contributed by atoms with van der Waals surface area (Å²) in [6, 6.07) is 3.96. The van der Waals surface area contributed by atoms with Gasteiger partial charge in [-0.05, 0) is 25.0 Å². The Hall–Kier alpha value is -2.24. The van der Waals surface area contributed by atoms with Gasteiger partial charge in [-0.3, -0.25) is 0 Å². The molecule has 0 atom stereocenters. The molecule has 1 aromatic rings. The molecule has 1 aliphatic rings. The largest absolute Gasteiger partial charge is 0.505 e. The second-order valence-electron chi connectivity index (χ2n) is 4.84. The first-order chi connectivity index (χ1) is 9.59. The fourth-order valence-electron chi connectivity index (χ4n) is 2.28. The molecule has 20 heavy (non-hydrogen) atoms. The topological polar surface area (TPSA) is 89.9 Å². The highest BCUT2D eigenvalue weighted by molar-refractivity contribution is 5.97. The first kappa shape index (κ1) is 14.2. The predicted molar refractivity (Wildman–Crippen MR) is 74.1 cm³/mol. The fourth-order valence-corrected chi connectivity index (χ4v) is 2.28. The zero-order valence-electron chi connectivity index (χ0n) is 11.1. The van der Waals surface area contributed by atoms with E-state index in [1.54, 1.807) is 4.90 Å². The van der Waals surface area contributed by atoms with E-state index >= 15 is 0 Å². The Kier molecular flexibility index (Phi) is 4.45. The van der Waals surface area contributed by atoms with Crippen molar-refractivity contribution in [2.75, 3.05) is 18.4 Å². The third-order valence-electron chi connectivity index (χ3n) is 3.40. The molecule has 1 aromatic carbocycles. The van der Waals surface area contributed by atoms with Crippen LogP contribution in [0.3, 0.4) is 0 Å². The molecule has 2 amide bonds. The Bertz CT molecular complexity index is 508. The van der Waals surface area contributed by atoms with Crippen molar-refractivity contribution in [3.8, 4) is 5.75 Å². The van der Waals surface area contributed by atoms with Crippen molar-refractivity contribution in [2.24, 2.45) is 0 Å². The number of carbonyl (C=O) groups excluding carboxylic acids is 1. The summed E-state index contributed by atoms with van der Waals surface area (Å²) in [6.45, 7) is 1.37. The molecule has 0 unspecified atom stereocenters. The highest BCUT2D eigenvalue weighted by Gasteiger charge is 2.18. The molecule has 1 saturated heterocycles. The van der Waals surface area contributed by atoms with E-state index < -0.39 is 11.7 Å². The van der Waals surface area contributed by atoms with Gasteiger partial charge in [0.05, 0.1) is 5.69 Å². The number of carbonyl (C=O) groups is 2. The summed E-state index contributed by atoms with van der Waals surface area (Å²) in [5.74, 6) is -1.64. The number of rotatable bonds is 2. The number of carboxylic acids is 1. The van der Waals surface area contributed by atoms with Crippen molar-refractivity contribution in [1.29, 1.82) is 0 Å². The Morgan fingerprint density at radius 1 is 1.10 bits per heavy atom. The van der Waals surface area contributed by atoms with Gasteiger partial charge in [0.2, 0.25) is 0 Å². The van der Waals surface area contributed by atoms with Gasteiger partial charge >= 0.3 is 12.0 Å². The minimum Gasteiger partial charge on any atom is -0.505 e. The van der Waals surface area contributed by atoms with Crippen LogP contribution >= 0.6 is 0 Å². The highest BCUT2D eigenvalue weighted by atomic mass is 16.4. The number of amides is 2. The number of nitrogens with zero attached hydrogens (tertiary/aromatic N) is 1. The number of hydrogen-bond acceptors (Lipinski definition) is 3. The van der Waals surface area contributed by atoms with Crippen LogP contribution in [0.5, 0.6) is 5.75 Å². The number of hydrogen-bond donors (Lipinski definition) is 3. The fraction of sp³-hybridized carbons (Fsp3) is 0.429. The number of aromatic carboxylic acids is 1. The minimum absolute atomic E-state index is 0.124. The van der Waals surface area contributed by atoms with E-state index in [0.29, 0.717) is 13.1 Å². The summed E-state index contributed by atoms with van der Waals surface area (Å²) in [5.41, 5.74) is -0.0992. The molecule has 2 rings (SSSR count). The summed E-state index contributed by atoms with van der Waals surface area (Å²) < 4.78 is 0. The molecule has 0 radical (unpaired) electrons. The molecule has 0 bridgehead atoms. The molecule has 0 spiro atoms. The first-order valence-corrected chi connectivity index (χ1v) is 6.71. The molecule has 6 heteroatoms. The Balaban J connectivity index is 2.11. The van der Waals surface area contributed by atoms with Crippen LogP contribution in [0.15, 0.2) is 18.2 Å². The molecule has 6 nitrogen and oxygen atoms in total. The Labute approximate surface area is 117 Å². The van der Waals surface area contributed by atoms with E-state index in [0.717, 1.165) is 25.7 Å². The van der Waals surface area contributed by atoms with Gasteiger partial charge in [-0.25, -0.2) is 9.59 Å². The lowest BCUT2D eigenvalue weighted by Crippen LogP contribution is -2.35. The molecule has 0 aliphatic carbocycles. The van der Waals surface area contributed by atoms with Gasteiger partial charge in [-0.1, -0.05) is 18.9 Å². The number of benzene rings is 1. The molecule has 0 aromatic heterocycles. The van der Waals surface area contributed by atoms with Crippen LogP contribution in [-0.2, 0) is 0 Å². The Morgan fingerprint density at radius 3 is 2.35 bits per heavy atom. The van der Waals surface area contributed by atoms with Crippen LogP contribution in [-0.4, -0.2) is 40.2 Å². The van der Waals surface area contributed by atoms with Crippen LogP contribution < -0.4 is 5.32 Å². The monoisotopic (exact) mass is 278 g/mol. The minimum atomic E-state index is -1.23. The average Bonchev–Trinajstić information content (AvgIpc) is 2.69.